The number of ether oxygens (including phenoxy) is 1. The van der Waals surface area contributed by atoms with Crippen molar-refractivity contribution < 1.29 is 14.6 Å². The fraction of sp³-hybridized carbons (Fsp3) is 0.462. The average Bonchev–Trinajstić information content (AvgIpc) is 2.33. The molecular weight excluding hydrogens is 204 g/mol. The standard InChI is InChI=1S/C13H16O3/c1-16-12(14)8-10-7-6-9-4-2-3-5-11(9)13(10)15/h2-5,10,13,15H,6-8H2,1H3. The monoisotopic (exact) mass is 220 g/mol. The van der Waals surface area contributed by atoms with Crippen LogP contribution in [0, 0.1) is 5.92 Å². The Morgan fingerprint density at radius 1 is 1.50 bits per heavy atom. The molecule has 0 amide bonds. The molecule has 1 aliphatic rings. The molecule has 3 heteroatoms. The molecule has 1 aromatic rings. The molecule has 3 nitrogen and oxygen atoms in total. The minimum Gasteiger partial charge on any atom is -0.469 e. The fourth-order valence-corrected chi connectivity index (χ4v) is 2.31. The van der Waals surface area contributed by atoms with Crippen molar-refractivity contribution >= 4 is 5.97 Å². The zero-order chi connectivity index (χ0) is 11.5. The first-order chi connectivity index (χ1) is 7.72. The van der Waals surface area contributed by atoms with Crippen LogP contribution in [0.2, 0.25) is 0 Å². The molecule has 1 aliphatic carbocycles. The van der Waals surface area contributed by atoms with E-state index in [0.29, 0.717) is 6.42 Å². The topological polar surface area (TPSA) is 46.5 Å². The SMILES string of the molecule is COC(=O)CC1CCc2ccccc2C1O. The van der Waals surface area contributed by atoms with E-state index in [9.17, 15) is 9.90 Å². The van der Waals surface area contributed by atoms with Crippen LogP contribution >= 0.6 is 0 Å². The van der Waals surface area contributed by atoms with E-state index in [-0.39, 0.29) is 11.9 Å². The highest BCUT2D eigenvalue weighted by atomic mass is 16.5. The molecule has 0 bridgehead atoms. The molecule has 2 atom stereocenters. The molecule has 16 heavy (non-hydrogen) atoms. The molecule has 2 unspecified atom stereocenters. The highest BCUT2D eigenvalue weighted by Crippen LogP contribution is 2.36. The molecule has 1 N–H and O–H groups in total. The molecule has 0 heterocycles. The lowest BCUT2D eigenvalue weighted by molar-refractivity contribution is -0.143. The van der Waals surface area contributed by atoms with Gasteiger partial charge in [-0.15, -0.1) is 0 Å². The highest BCUT2D eigenvalue weighted by Gasteiger charge is 2.29. The summed E-state index contributed by atoms with van der Waals surface area (Å²) < 4.78 is 4.64. The minimum absolute atomic E-state index is 0.0117. The van der Waals surface area contributed by atoms with E-state index in [4.69, 9.17) is 0 Å². The lowest BCUT2D eigenvalue weighted by atomic mass is 9.80. The summed E-state index contributed by atoms with van der Waals surface area (Å²) in [6.07, 6.45) is 1.53. The molecule has 86 valence electrons. The summed E-state index contributed by atoms with van der Waals surface area (Å²) in [6, 6.07) is 7.87. The minimum atomic E-state index is -0.538. The number of aliphatic hydroxyl groups is 1. The Hall–Kier alpha value is -1.35. The number of esters is 1. The van der Waals surface area contributed by atoms with E-state index >= 15 is 0 Å². The Balaban J connectivity index is 2.15. The van der Waals surface area contributed by atoms with Gasteiger partial charge in [0.1, 0.15) is 0 Å². The third-order valence-electron chi connectivity index (χ3n) is 3.26. The number of hydrogen-bond acceptors (Lipinski definition) is 3. The predicted molar refractivity (Wildman–Crippen MR) is 59.8 cm³/mol. The maximum Gasteiger partial charge on any atom is 0.305 e. The molecule has 1 aromatic carbocycles. The van der Waals surface area contributed by atoms with E-state index in [2.05, 4.69) is 4.74 Å². The third kappa shape index (κ3) is 2.09. The second-order valence-electron chi connectivity index (χ2n) is 4.22. The summed E-state index contributed by atoms with van der Waals surface area (Å²) >= 11 is 0. The Bertz CT molecular complexity index is 387. The summed E-state index contributed by atoms with van der Waals surface area (Å²) in [4.78, 5) is 11.2. The van der Waals surface area contributed by atoms with Crippen molar-refractivity contribution in [1.29, 1.82) is 0 Å². The average molecular weight is 220 g/mol. The van der Waals surface area contributed by atoms with Gasteiger partial charge in [-0.1, -0.05) is 24.3 Å². The molecule has 0 saturated carbocycles. The molecule has 0 saturated heterocycles. The maximum absolute atomic E-state index is 11.2. The van der Waals surface area contributed by atoms with Gasteiger partial charge in [0.2, 0.25) is 0 Å². The molecule has 0 aliphatic heterocycles. The van der Waals surface area contributed by atoms with Crippen LogP contribution in [0.5, 0.6) is 0 Å². The van der Waals surface area contributed by atoms with Crippen LogP contribution in [0.3, 0.4) is 0 Å². The largest absolute Gasteiger partial charge is 0.469 e. The van der Waals surface area contributed by atoms with E-state index in [1.165, 1.54) is 12.7 Å². The van der Waals surface area contributed by atoms with Gasteiger partial charge in [-0.05, 0) is 29.9 Å². The molecule has 2 rings (SSSR count). The van der Waals surface area contributed by atoms with Gasteiger partial charge >= 0.3 is 5.97 Å². The van der Waals surface area contributed by atoms with E-state index < -0.39 is 6.10 Å². The van der Waals surface area contributed by atoms with E-state index in [1.54, 1.807) is 0 Å². The lowest BCUT2D eigenvalue weighted by Crippen LogP contribution is -2.23. The number of benzene rings is 1. The van der Waals surface area contributed by atoms with E-state index in [1.807, 2.05) is 24.3 Å². The van der Waals surface area contributed by atoms with Crippen molar-refractivity contribution in [2.45, 2.75) is 25.4 Å². The molecule has 0 spiro atoms. The third-order valence-corrected chi connectivity index (χ3v) is 3.26. The first kappa shape index (κ1) is 11.1. The summed E-state index contributed by atoms with van der Waals surface area (Å²) in [5.74, 6) is -0.259. The van der Waals surface area contributed by atoms with Crippen LogP contribution in [0.4, 0.5) is 0 Å². The number of carbonyl (C=O) groups excluding carboxylic acids is 1. The Labute approximate surface area is 95.0 Å². The maximum atomic E-state index is 11.2. The summed E-state index contributed by atoms with van der Waals surface area (Å²) in [5, 5.41) is 10.2. The normalized spacial score (nSPS) is 23.6. The van der Waals surface area contributed by atoms with Gasteiger partial charge in [-0.2, -0.15) is 0 Å². The van der Waals surface area contributed by atoms with Gasteiger partial charge in [0.25, 0.3) is 0 Å². The second kappa shape index (κ2) is 4.66. The van der Waals surface area contributed by atoms with Crippen molar-refractivity contribution in [3.05, 3.63) is 35.4 Å². The van der Waals surface area contributed by atoms with Crippen LogP contribution in [0.1, 0.15) is 30.1 Å². The smallest absolute Gasteiger partial charge is 0.305 e. The number of hydrogen-bond donors (Lipinski definition) is 1. The summed E-state index contributed by atoms with van der Waals surface area (Å²) in [5.41, 5.74) is 2.15. The van der Waals surface area contributed by atoms with Crippen LogP contribution < -0.4 is 0 Å². The van der Waals surface area contributed by atoms with Gasteiger partial charge in [-0.25, -0.2) is 0 Å². The predicted octanol–water partition coefficient (Wildman–Crippen LogP) is 1.85. The molecule has 0 aromatic heterocycles. The van der Waals surface area contributed by atoms with Crippen molar-refractivity contribution in [2.75, 3.05) is 7.11 Å². The fourth-order valence-electron chi connectivity index (χ4n) is 2.31. The van der Waals surface area contributed by atoms with Crippen LogP contribution in [0.25, 0.3) is 0 Å². The Morgan fingerprint density at radius 2 is 2.25 bits per heavy atom. The number of methoxy groups -OCH3 is 1. The lowest BCUT2D eigenvalue weighted by Gasteiger charge is -2.29. The quantitative estimate of drug-likeness (QED) is 0.774. The Morgan fingerprint density at radius 3 is 3.00 bits per heavy atom. The number of aryl methyl sites for hydroxylation is 1. The van der Waals surface area contributed by atoms with Crippen LogP contribution in [-0.4, -0.2) is 18.2 Å². The zero-order valence-electron chi connectivity index (χ0n) is 9.35. The van der Waals surface area contributed by atoms with Gasteiger partial charge in [0.15, 0.2) is 0 Å². The van der Waals surface area contributed by atoms with Gasteiger partial charge < -0.3 is 9.84 Å². The highest BCUT2D eigenvalue weighted by molar-refractivity contribution is 5.69. The van der Waals surface area contributed by atoms with Crippen molar-refractivity contribution in [2.24, 2.45) is 5.92 Å². The first-order valence-corrected chi connectivity index (χ1v) is 5.55. The number of aliphatic hydroxyl groups excluding tert-OH is 1. The summed E-state index contributed by atoms with van der Waals surface area (Å²) in [6.45, 7) is 0. The van der Waals surface area contributed by atoms with Crippen LogP contribution in [-0.2, 0) is 16.0 Å². The zero-order valence-corrected chi connectivity index (χ0v) is 9.35. The van der Waals surface area contributed by atoms with Crippen molar-refractivity contribution in [3.8, 4) is 0 Å². The number of carbonyl (C=O) groups is 1. The van der Waals surface area contributed by atoms with Crippen LogP contribution in [0.15, 0.2) is 24.3 Å². The first-order valence-electron chi connectivity index (χ1n) is 5.55. The Kier molecular flexibility index (Phi) is 3.25. The molecule has 0 fully saturated rings. The van der Waals surface area contributed by atoms with Gasteiger partial charge in [0.05, 0.1) is 19.6 Å². The van der Waals surface area contributed by atoms with Crippen molar-refractivity contribution in [3.63, 3.8) is 0 Å². The number of fused-ring (bicyclic) bond motifs is 1. The van der Waals surface area contributed by atoms with Crippen molar-refractivity contribution in [1.82, 2.24) is 0 Å². The molecular formula is C13H16O3. The van der Waals surface area contributed by atoms with E-state index in [0.717, 1.165) is 18.4 Å². The summed E-state index contributed by atoms with van der Waals surface area (Å²) in [7, 11) is 1.38. The van der Waals surface area contributed by atoms with Gasteiger partial charge in [0, 0.05) is 0 Å². The second-order valence-corrected chi connectivity index (χ2v) is 4.22. The molecule has 0 radical (unpaired) electrons. The van der Waals surface area contributed by atoms with Gasteiger partial charge in [-0.3, -0.25) is 4.79 Å². The number of rotatable bonds is 2.